The van der Waals surface area contributed by atoms with Gasteiger partial charge in [-0.1, -0.05) is 26.1 Å². The van der Waals surface area contributed by atoms with E-state index in [0.29, 0.717) is 0 Å². The first-order valence-electron chi connectivity index (χ1n) is 2.57. The van der Waals surface area contributed by atoms with E-state index in [-0.39, 0.29) is 0 Å². The molecule has 0 radical (unpaired) electrons. The van der Waals surface area contributed by atoms with Crippen molar-refractivity contribution in [3.63, 3.8) is 0 Å². The van der Waals surface area contributed by atoms with Crippen molar-refractivity contribution >= 4 is 39.3 Å². The van der Waals surface area contributed by atoms with Crippen LogP contribution in [-0.4, -0.2) is 14.0 Å². The summed E-state index contributed by atoms with van der Waals surface area (Å²) < 4.78 is 1.12. The Labute approximate surface area is 63.8 Å². The van der Waals surface area contributed by atoms with Crippen LogP contribution >= 0.6 is 35.7 Å². The summed E-state index contributed by atoms with van der Waals surface area (Å²) in [6.07, 6.45) is 0. The fourth-order valence-corrected chi connectivity index (χ4v) is 3.89. The molecule has 8 heavy (non-hydrogen) atoms. The average molecular weight is 164 g/mol. The van der Waals surface area contributed by atoms with Crippen LogP contribution in [-0.2, 0) is 0 Å². The lowest BCUT2D eigenvalue weighted by Gasteiger charge is -2.01. The highest BCUT2D eigenvalue weighted by molar-refractivity contribution is 8.49. The predicted molar refractivity (Wildman–Crippen MR) is 46.7 cm³/mol. The monoisotopic (exact) mass is 164 g/mol. The van der Waals surface area contributed by atoms with Crippen LogP contribution in [0, 0.1) is 0 Å². The number of hydrogen-bond donors (Lipinski definition) is 0. The Morgan fingerprint density at radius 3 is 1.75 bits per heavy atom. The number of rotatable bonds is 0. The first-order valence-corrected chi connectivity index (χ1v) is 4.74. The van der Waals surface area contributed by atoms with Gasteiger partial charge in [0.05, 0.1) is 0 Å². The SMILES string of the molecule is C[C@@H]1SC(=S)S[C@@H]1C. The molecule has 1 fully saturated rings. The van der Waals surface area contributed by atoms with Crippen molar-refractivity contribution in [3.05, 3.63) is 0 Å². The van der Waals surface area contributed by atoms with Crippen molar-refractivity contribution in [2.75, 3.05) is 0 Å². The van der Waals surface area contributed by atoms with Crippen LogP contribution in [0.5, 0.6) is 0 Å². The summed E-state index contributed by atoms with van der Waals surface area (Å²) in [5.74, 6) is 0. The maximum atomic E-state index is 5.00. The van der Waals surface area contributed by atoms with E-state index in [1.165, 1.54) is 0 Å². The maximum absolute atomic E-state index is 5.00. The van der Waals surface area contributed by atoms with Crippen molar-refractivity contribution < 1.29 is 0 Å². The van der Waals surface area contributed by atoms with Gasteiger partial charge in [-0.25, -0.2) is 0 Å². The zero-order chi connectivity index (χ0) is 6.15. The van der Waals surface area contributed by atoms with Gasteiger partial charge < -0.3 is 0 Å². The Hall–Kier alpha value is 0.790. The Morgan fingerprint density at radius 2 is 1.62 bits per heavy atom. The molecule has 0 aliphatic carbocycles. The smallest absolute Gasteiger partial charge is 0.103 e. The van der Waals surface area contributed by atoms with Crippen LogP contribution in [0.25, 0.3) is 0 Å². The second kappa shape index (κ2) is 2.58. The van der Waals surface area contributed by atoms with Gasteiger partial charge >= 0.3 is 0 Å². The van der Waals surface area contributed by atoms with E-state index in [0.717, 1.165) is 14.0 Å². The van der Waals surface area contributed by atoms with Gasteiger partial charge in [-0.05, 0) is 0 Å². The van der Waals surface area contributed by atoms with E-state index in [1.54, 1.807) is 0 Å². The third-order valence-electron chi connectivity index (χ3n) is 1.23. The number of thioether (sulfide) groups is 2. The molecule has 3 heteroatoms. The Kier molecular flexibility index (Phi) is 2.23. The third-order valence-corrected chi connectivity index (χ3v) is 4.50. The lowest BCUT2D eigenvalue weighted by molar-refractivity contribution is 0.941. The molecule has 0 saturated carbocycles. The van der Waals surface area contributed by atoms with E-state index in [2.05, 4.69) is 13.8 Å². The zero-order valence-electron chi connectivity index (χ0n) is 4.88. The van der Waals surface area contributed by atoms with Crippen molar-refractivity contribution in [2.24, 2.45) is 0 Å². The van der Waals surface area contributed by atoms with Gasteiger partial charge in [-0.15, -0.1) is 23.5 Å². The lowest BCUT2D eigenvalue weighted by atomic mass is 10.4. The predicted octanol–water partition coefficient (Wildman–Crippen LogP) is 2.53. The Morgan fingerprint density at radius 1 is 1.25 bits per heavy atom. The van der Waals surface area contributed by atoms with E-state index in [9.17, 15) is 0 Å². The highest BCUT2D eigenvalue weighted by Crippen LogP contribution is 2.38. The molecular formula is C5H8S3. The van der Waals surface area contributed by atoms with Crippen molar-refractivity contribution in [2.45, 2.75) is 24.3 Å². The molecular weight excluding hydrogens is 156 g/mol. The molecule has 46 valence electrons. The molecule has 0 aromatic heterocycles. The summed E-state index contributed by atoms with van der Waals surface area (Å²) in [4.78, 5) is 0. The van der Waals surface area contributed by atoms with E-state index in [1.807, 2.05) is 23.5 Å². The molecule has 0 amide bonds. The third kappa shape index (κ3) is 1.39. The van der Waals surface area contributed by atoms with Crippen molar-refractivity contribution in [1.29, 1.82) is 0 Å². The molecule has 2 atom stereocenters. The molecule has 0 bridgehead atoms. The van der Waals surface area contributed by atoms with Gasteiger partial charge in [-0.2, -0.15) is 0 Å². The average Bonchev–Trinajstić information content (AvgIpc) is 1.85. The normalized spacial score (nSPS) is 38.5. The second-order valence-corrected chi connectivity index (χ2v) is 5.85. The summed E-state index contributed by atoms with van der Waals surface area (Å²) in [6, 6.07) is 0. The van der Waals surface area contributed by atoms with E-state index < -0.39 is 0 Å². The minimum atomic E-state index is 0.729. The quantitative estimate of drug-likeness (QED) is 0.505. The van der Waals surface area contributed by atoms with Crippen molar-refractivity contribution in [1.82, 2.24) is 0 Å². The van der Waals surface area contributed by atoms with Crippen LogP contribution in [0.15, 0.2) is 0 Å². The first-order chi connectivity index (χ1) is 3.70. The molecule has 0 unspecified atom stereocenters. The van der Waals surface area contributed by atoms with Gasteiger partial charge in [-0.3, -0.25) is 0 Å². The molecule has 0 aromatic carbocycles. The molecule has 0 aromatic rings. The summed E-state index contributed by atoms with van der Waals surface area (Å²) >= 11 is 8.64. The van der Waals surface area contributed by atoms with Crippen LogP contribution in [0.3, 0.4) is 0 Å². The van der Waals surface area contributed by atoms with E-state index in [4.69, 9.17) is 12.2 Å². The molecule has 1 aliphatic rings. The van der Waals surface area contributed by atoms with Crippen molar-refractivity contribution in [3.8, 4) is 0 Å². The molecule has 1 heterocycles. The fourth-order valence-electron chi connectivity index (χ4n) is 0.523. The fraction of sp³-hybridized carbons (Fsp3) is 0.800. The van der Waals surface area contributed by atoms with Crippen LogP contribution in [0.2, 0.25) is 0 Å². The first kappa shape index (κ1) is 6.90. The summed E-state index contributed by atoms with van der Waals surface area (Å²) in [5, 5.41) is 1.46. The van der Waals surface area contributed by atoms with Gasteiger partial charge in [0.1, 0.15) is 3.53 Å². The van der Waals surface area contributed by atoms with Crippen LogP contribution in [0.4, 0.5) is 0 Å². The second-order valence-electron chi connectivity index (χ2n) is 1.90. The maximum Gasteiger partial charge on any atom is 0.104 e. The van der Waals surface area contributed by atoms with E-state index >= 15 is 0 Å². The van der Waals surface area contributed by atoms with Gasteiger partial charge in [0, 0.05) is 10.5 Å². The highest BCUT2D eigenvalue weighted by Gasteiger charge is 2.24. The molecule has 1 rings (SSSR count). The zero-order valence-corrected chi connectivity index (χ0v) is 7.33. The minimum Gasteiger partial charge on any atom is -0.103 e. The van der Waals surface area contributed by atoms with Gasteiger partial charge in [0.2, 0.25) is 0 Å². The molecule has 0 nitrogen and oxygen atoms in total. The standard InChI is InChI=1S/C5H8S3/c1-3-4(2)8-5(6)7-3/h3-4H,1-2H3/t3-,4+. The summed E-state index contributed by atoms with van der Waals surface area (Å²) in [7, 11) is 0. The number of thiocarbonyl (C=S) groups is 1. The molecule has 0 N–H and O–H groups in total. The van der Waals surface area contributed by atoms with Gasteiger partial charge in [0.15, 0.2) is 0 Å². The van der Waals surface area contributed by atoms with Crippen LogP contribution < -0.4 is 0 Å². The minimum absolute atomic E-state index is 0.729. The van der Waals surface area contributed by atoms with Crippen LogP contribution in [0.1, 0.15) is 13.8 Å². The van der Waals surface area contributed by atoms with Gasteiger partial charge in [0.25, 0.3) is 0 Å². The number of hydrogen-bond acceptors (Lipinski definition) is 3. The molecule has 0 spiro atoms. The lowest BCUT2D eigenvalue weighted by Crippen LogP contribution is -2.04. The molecule has 1 saturated heterocycles. The summed E-state index contributed by atoms with van der Waals surface area (Å²) in [5.41, 5.74) is 0. The largest absolute Gasteiger partial charge is 0.104 e. The topological polar surface area (TPSA) is 0 Å². The summed E-state index contributed by atoms with van der Waals surface area (Å²) in [6.45, 7) is 4.45. The Balaban J connectivity index is 2.51. The highest BCUT2D eigenvalue weighted by atomic mass is 32.2. The Bertz CT molecular complexity index is 98.2. The molecule has 1 aliphatic heterocycles.